The molecule has 0 radical (unpaired) electrons. The van der Waals surface area contributed by atoms with Gasteiger partial charge in [-0.1, -0.05) is 18.2 Å². The molecule has 3 atom stereocenters. The molecule has 0 saturated carbocycles. The van der Waals surface area contributed by atoms with Gasteiger partial charge < -0.3 is 29.9 Å². The molecule has 1 saturated heterocycles. The van der Waals surface area contributed by atoms with E-state index in [1.165, 1.54) is 16.2 Å². The Kier molecular flexibility index (Phi) is 7.26. The number of hydrogen-bond acceptors (Lipinski definition) is 7. The maximum atomic E-state index is 13.9. The summed E-state index contributed by atoms with van der Waals surface area (Å²) in [6.07, 6.45) is 1.78. The summed E-state index contributed by atoms with van der Waals surface area (Å²) in [6.45, 7) is 0.558. The van der Waals surface area contributed by atoms with E-state index >= 15 is 0 Å². The summed E-state index contributed by atoms with van der Waals surface area (Å²) < 4.78 is 7.71. The molecule has 2 aliphatic heterocycles. The lowest BCUT2D eigenvalue weighted by molar-refractivity contribution is -0.138. The molecule has 1 aromatic carbocycles. The molecule has 2 aliphatic rings. The number of amides is 3. The first-order valence-electron chi connectivity index (χ1n) is 13.6. The second-order valence-electron chi connectivity index (χ2n) is 10.7. The zero-order chi connectivity index (χ0) is 28.7. The SMILES string of the molecule is CN1CC[C@H](NC(=O)Cc2c[nH]c3ccccc23)C(=O)N2C[C@@H](O)C[C@H]2COc2ccsc2-c2cc(n(C)n2)C1=O. The van der Waals surface area contributed by atoms with Crippen molar-refractivity contribution in [1.29, 1.82) is 0 Å². The van der Waals surface area contributed by atoms with Gasteiger partial charge in [0, 0.05) is 44.3 Å². The molecule has 5 heterocycles. The fourth-order valence-electron chi connectivity index (χ4n) is 5.66. The Balaban J connectivity index is 1.28. The number of para-hydroxylation sites is 1. The van der Waals surface area contributed by atoms with Crippen LogP contribution in [0.5, 0.6) is 5.75 Å². The Morgan fingerprint density at radius 2 is 2.07 bits per heavy atom. The smallest absolute Gasteiger partial charge is 0.271 e. The van der Waals surface area contributed by atoms with Gasteiger partial charge in [0.2, 0.25) is 11.8 Å². The van der Waals surface area contributed by atoms with Gasteiger partial charge in [-0.2, -0.15) is 5.10 Å². The fourth-order valence-corrected chi connectivity index (χ4v) is 6.45. The zero-order valence-electron chi connectivity index (χ0n) is 22.9. The van der Waals surface area contributed by atoms with E-state index in [-0.39, 0.29) is 56.3 Å². The van der Waals surface area contributed by atoms with Gasteiger partial charge in [-0.3, -0.25) is 19.1 Å². The number of carbonyl (C=O) groups is 3. The number of hydrogen-bond donors (Lipinski definition) is 3. The highest BCUT2D eigenvalue weighted by molar-refractivity contribution is 7.14. The average Bonchev–Trinajstić information content (AvgIpc) is 3.75. The number of aliphatic hydroxyl groups is 1. The Bertz CT molecular complexity index is 1610. The van der Waals surface area contributed by atoms with Crippen molar-refractivity contribution in [1.82, 2.24) is 29.9 Å². The van der Waals surface area contributed by atoms with Gasteiger partial charge in [0.15, 0.2) is 0 Å². The van der Waals surface area contributed by atoms with Crippen LogP contribution in [0.3, 0.4) is 0 Å². The monoisotopic (exact) mass is 576 g/mol. The first-order valence-corrected chi connectivity index (χ1v) is 14.5. The van der Waals surface area contributed by atoms with Crippen LogP contribution in [-0.4, -0.2) is 92.3 Å². The summed E-state index contributed by atoms with van der Waals surface area (Å²) in [5.74, 6) is -0.240. The largest absolute Gasteiger partial charge is 0.490 e. The average molecular weight is 577 g/mol. The number of fused-ring (bicyclic) bond motifs is 6. The van der Waals surface area contributed by atoms with Crippen LogP contribution < -0.4 is 10.1 Å². The highest BCUT2D eigenvalue weighted by atomic mass is 32.1. The molecule has 1 fully saturated rings. The third-order valence-corrected chi connectivity index (χ3v) is 8.74. The van der Waals surface area contributed by atoms with Gasteiger partial charge >= 0.3 is 0 Å². The number of aryl methyl sites for hydroxylation is 1. The van der Waals surface area contributed by atoms with Crippen LogP contribution in [0.2, 0.25) is 0 Å². The van der Waals surface area contributed by atoms with Crippen LogP contribution >= 0.6 is 11.3 Å². The van der Waals surface area contributed by atoms with Crippen LogP contribution in [0.25, 0.3) is 21.5 Å². The number of benzene rings is 1. The van der Waals surface area contributed by atoms with Crippen LogP contribution in [0.15, 0.2) is 48.0 Å². The predicted molar refractivity (Wildman–Crippen MR) is 154 cm³/mol. The summed E-state index contributed by atoms with van der Waals surface area (Å²) in [7, 11) is 3.39. The maximum Gasteiger partial charge on any atom is 0.271 e. The normalized spacial score (nSPS) is 21.7. The lowest BCUT2D eigenvalue weighted by atomic mass is 10.1. The highest BCUT2D eigenvalue weighted by Crippen LogP contribution is 2.36. The lowest BCUT2D eigenvalue weighted by Crippen LogP contribution is -2.52. The first-order chi connectivity index (χ1) is 19.8. The van der Waals surface area contributed by atoms with E-state index in [2.05, 4.69) is 15.4 Å². The van der Waals surface area contributed by atoms with Crippen molar-refractivity contribution in [3.05, 3.63) is 59.2 Å². The van der Waals surface area contributed by atoms with Crippen LogP contribution in [0, 0.1) is 0 Å². The Hall–Kier alpha value is -4.16. The summed E-state index contributed by atoms with van der Waals surface area (Å²) in [6, 6.07) is 10.0. The molecule has 0 unspecified atom stereocenters. The minimum Gasteiger partial charge on any atom is -0.490 e. The molecule has 41 heavy (non-hydrogen) atoms. The minimum atomic E-state index is -0.889. The number of nitrogens with zero attached hydrogens (tertiary/aromatic N) is 4. The number of H-pyrrole nitrogens is 1. The molecule has 2 bridgehead atoms. The molecular weight excluding hydrogens is 544 g/mol. The molecule has 4 aromatic rings. The summed E-state index contributed by atoms with van der Waals surface area (Å²) in [5, 5.41) is 20.8. The molecule has 3 N–H and O–H groups in total. The van der Waals surface area contributed by atoms with Crippen LogP contribution in [-0.2, 0) is 23.1 Å². The molecule has 6 rings (SSSR count). The summed E-state index contributed by atoms with van der Waals surface area (Å²) >= 11 is 1.46. The van der Waals surface area contributed by atoms with Gasteiger partial charge in [0.05, 0.1) is 23.4 Å². The quantitative estimate of drug-likeness (QED) is 0.343. The van der Waals surface area contributed by atoms with Crippen molar-refractivity contribution in [3.8, 4) is 16.3 Å². The van der Waals surface area contributed by atoms with Crippen LogP contribution in [0.4, 0.5) is 0 Å². The Morgan fingerprint density at radius 3 is 2.93 bits per heavy atom. The summed E-state index contributed by atoms with van der Waals surface area (Å²) in [4.78, 5) is 47.7. The van der Waals surface area contributed by atoms with Crippen LogP contribution in [0.1, 0.15) is 28.9 Å². The van der Waals surface area contributed by atoms with Crippen molar-refractivity contribution >= 4 is 40.0 Å². The van der Waals surface area contributed by atoms with Crippen molar-refractivity contribution in [2.24, 2.45) is 7.05 Å². The zero-order valence-corrected chi connectivity index (χ0v) is 23.7. The van der Waals surface area contributed by atoms with Gasteiger partial charge in [0.25, 0.3) is 5.91 Å². The standard InChI is InChI=1S/C29H32N6O5S/c1-33-9-7-22(31-26(37)11-17-14-30-21-6-4-3-5-20(17)21)28(38)35-15-19(36)12-18(35)16-40-25-8-10-41-27(25)23-13-24(29(33)39)34(2)32-23/h3-6,8,10,13-14,18-19,22,30,36H,7,9,11-12,15-16H2,1-2H3,(H,31,37)/t18-,19-,22-/m0/s1. The first kappa shape index (κ1) is 27.0. The molecule has 3 aromatic heterocycles. The number of thiophene rings is 1. The second-order valence-corrected chi connectivity index (χ2v) is 11.6. The van der Waals surface area contributed by atoms with Crippen molar-refractivity contribution in [3.63, 3.8) is 0 Å². The molecule has 214 valence electrons. The maximum absolute atomic E-state index is 13.9. The van der Waals surface area contributed by atoms with Gasteiger partial charge in [-0.25, -0.2) is 0 Å². The van der Waals surface area contributed by atoms with E-state index in [1.807, 2.05) is 35.7 Å². The molecular formula is C29H32N6O5S. The van der Waals surface area contributed by atoms with E-state index in [0.29, 0.717) is 23.6 Å². The lowest BCUT2D eigenvalue weighted by Gasteiger charge is -2.30. The number of ether oxygens (including phenoxy) is 1. The van der Waals surface area contributed by atoms with Crippen molar-refractivity contribution in [2.75, 3.05) is 26.7 Å². The van der Waals surface area contributed by atoms with Crippen molar-refractivity contribution < 1.29 is 24.2 Å². The Labute approximate surface area is 240 Å². The molecule has 0 aliphatic carbocycles. The number of aromatic amines is 1. The topological polar surface area (TPSA) is 133 Å². The summed E-state index contributed by atoms with van der Waals surface area (Å²) in [5.41, 5.74) is 2.80. The van der Waals surface area contributed by atoms with E-state index in [1.54, 1.807) is 35.9 Å². The number of rotatable bonds is 3. The minimum absolute atomic E-state index is 0.0937. The van der Waals surface area contributed by atoms with Crippen molar-refractivity contribution in [2.45, 2.75) is 37.5 Å². The van der Waals surface area contributed by atoms with E-state index in [9.17, 15) is 19.5 Å². The number of carbonyl (C=O) groups excluding carboxylic acids is 3. The Morgan fingerprint density at radius 1 is 1.24 bits per heavy atom. The highest BCUT2D eigenvalue weighted by Gasteiger charge is 2.39. The molecule has 11 nitrogen and oxygen atoms in total. The third-order valence-electron chi connectivity index (χ3n) is 7.83. The predicted octanol–water partition coefficient (Wildman–Crippen LogP) is 2.17. The van der Waals surface area contributed by atoms with E-state index < -0.39 is 12.1 Å². The van der Waals surface area contributed by atoms with Gasteiger partial charge in [0.1, 0.15) is 29.8 Å². The van der Waals surface area contributed by atoms with E-state index in [4.69, 9.17) is 4.74 Å². The number of aliphatic hydroxyl groups excluding tert-OH is 1. The van der Waals surface area contributed by atoms with Gasteiger partial charge in [-0.05, 0) is 42.0 Å². The second kappa shape index (κ2) is 11.0. The van der Waals surface area contributed by atoms with Gasteiger partial charge in [-0.15, -0.1) is 11.3 Å². The fraction of sp³-hybridized carbons (Fsp3) is 0.379. The molecule has 12 heteroatoms. The number of aromatic nitrogens is 3. The molecule has 0 spiro atoms. The number of nitrogens with one attached hydrogen (secondary N) is 2. The third kappa shape index (κ3) is 5.32. The van der Waals surface area contributed by atoms with E-state index in [0.717, 1.165) is 21.3 Å². The molecule has 3 amide bonds.